The highest BCUT2D eigenvalue weighted by atomic mass is 32.2. The number of carbonyl (C=O) groups is 1. The van der Waals surface area contributed by atoms with Gasteiger partial charge >= 0.3 is 0 Å². The molecule has 1 atom stereocenters. The SMILES string of the molecule is CCC(NC(=O)CSC(C)(C)C)c1ccc(OC)cc1. The van der Waals surface area contributed by atoms with Gasteiger partial charge in [0.25, 0.3) is 0 Å². The Hall–Kier alpha value is -1.16. The van der Waals surface area contributed by atoms with Crippen molar-refractivity contribution < 1.29 is 9.53 Å². The molecule has 112 valence electrons. The summed E-state index contributed by atoms with van der Waals surface area (Å²) in [5, 5.41) is 3.09. The number of carbonyl (C=O) groups excluding carboxylic acids is 1. The molecule has 1 unspecified atom stereocenters. The van der Waals surface area contributed by atoms with Gasteiger partial charge in [-0.3, -0.25) is 4.79 Å². The molecule has 0 saturated heterocycles. The summed E-state index contributed by atoms with van der Waals surface area (Å²) in [5.74, 6) is 1.42. The molecular weight excluding hydrogens is 270 g/mol. The molecule has 0 radical (unpaired) electrons. The first-order chi connectivity index (χ1) is 9.35. The molecule has 1 N–H and O–H groups in total. The van der Waals surface area contributed by atoms with E-state index in [1.54, 1.807) is 18.9 Å². The smallest absolute Gasteiger partial charge is 0.230 e. The van der Waals surface area contributed by atoms with Gasteiger partial charge in [-0.25, -0.2) is 0 Å². The third kappa shape index (κ3) is 5.87. The van der Waals surface area contributed by atoms with Crippen LogP contribution in [-0.2, 0) is 4.79 Å². The van der Waals surface area contributed by atoms with Gasteiger partial charge in [0.15, 0.2) is 0 Å². The minimum absolute atomic E-state index is 0.0639. The van der Waals surface area contributed by atoms with Crippen LogP contribution in [0.4, 0.5) is 0 Å². The summed E-state index contributed by atoms with van der Waals surface area (Å²) in [6.45, 7) is 8.43. The van der Waals surface area contributed by atoms with Crippen molar-refractivity contribution >= 4 is 17.7 Å². The van der Waals surface area contributed by atoms with Crippen LogP contribution in [0.2, 0.25) is 0 Å². The molecule has 0 saturated carbocycles. The van der Waals surface area contributed by atoms with Crippen LogP contribution >= 0.6 is 11.8 Å². The predicted molar refractivity (Wildman–Crippen MR) is 86.4 cm³/mol. The third-order valence-electron chi connectivity index (χ3n) is 2.90. The van der Waals surface area contributed by atoms with E-state index in [0.717, 1.165) is 17.7 Å². The number of benzene rings is 1. The Balaban J connectivity index is 2.59. The maximum Gasteiger partial charge on any atom is 0.230 e. The van der Waals surface area contributed by atoms with Crippen LogP contribution in [-0.4, -0.2) is 23.5 Å². The van der Waals surface area contributed by atoms with Gasteiger partial charge in [-0.05, 0) is 24.1 Å². The van der Waals surface area contributed by atoms with Crippen molar-refractivity contribution in [1.82, 2.24) is 5.32 Å². The van der Waals surface area contributed by atoms with Gasteiger partial charge in [0.05, 0.1) is 18.9 Å². The highest BCUT2D eigenvalue weighted by Crippen LogP contribution is 2.24. The van der Waals surface area contributed by atoms with E-state index >= 15 is 0 Å². The minimum Gasteiger partial charge on any atom is -0.497 e. The van der Waals surface area contributed by atoms with Crippen LogP contribution in [0.1, 0.15) is 45.7 Å². The molecule has 1 rings (SSSR count). The summed E-state index contributed by atoms with van der Waals surface area (Å²) < 4.78 is 5.26. The number of ether oxygens (including phenoxy) is 1. The van der Waals surface area contributed by atoms with Crippen LogP contribution in [0.3, 0.4) is 0 Å². The molecule has 0 heterocycles. The summed E-state index contributed by atoms with van der Waals surface area (Å²) in [4.78, 5) is 12.0. The van der Waals surface area contributed by atoms with Crippen molar-refractivity contribution in [3.05, 3.63) is 29.8 Å². The Labute approximate surface area is 126 Å². The number of methoxy groups -OCH3 is 1. The Kier molecular flexibility index (Phi) is 6.40. The lowest BCUT2D eigenvalue weighted by molar-refractivity contribution is -0.119. The van der Waals surface area contributed by atoms with E-state index in [2.05, 4.69) is 33.0 Å². The summed E-state index contributed by atoms with van der Waals surface area (Å²) in [6.07, 6.45) is 0.873. The zero-order chi connectivity index (χ0) is 15.2. The van der Waals surface area contributed by atoms with Gasteiger partial charge in [-0.15, -0.1) is 11.8 Å². The molecule has 0 bridgehead atoms. The Bertz CT molecular complexity index is 423. The quantitative estimate of drug-likeness (QED) is 0.867. The van der Waals surface area contributed by atoms with Crippen LogP contribution in [0, 0.1) is 0 Å². The van der Waals surface area contributed by atoms with E-state index in [9.17, 15) is 4.79 Å². The highest BCUT2D eigenvalue weighted by Gasteiger charge is 2.16. The fourth-order valence-corrected chi connectivity index (χ4v) is 2.42. The van der Waals surface area contributed by atoms with Gasteiger partial charge in [0.2, 0.25) is 5.91 Å². The molecular formula is C16H25NO2S. The lowest BCUT2D eigenvalue weighted by atomic mass is 10.0. The summed E-state index contributed by atoms with van der Waals surface area (Å²) in [6, 6.07) is 7.92. The molecule has 1 aromatic rings. The molecule has 20 heavy (non-hydrogen) atoms. The van der Waals surface area contributed by atoms with Crippen molar-refractivity contribution in [1.29, 1.82) is 0 Å². The molecule has 0 aliphatic rings. The number of hydrogen-bond acceptors (Lipinski definition) is 3. The summed E-state index contributed by atoms with van der Waals surface area (Å²) in [7, 11) is 1.65. The van der Waals surface area contributed by atoms with E-state index in [1.165, 1.54) is 0 Å². The van der Waals surface area contributed by atoms with Gasteiger partial charge in [-0.1, -0.05) is 39.8 Å². The lowest BCUT2D eigenvalue weighted by Gasteiger charge is -2.20. The molecule has 3 nitrogen and oxygen atoms in total. The topological polar surface area (TPSA) is 38.3 Å². The average Bonchev–Trinajstić information content (AvgIpc) is 2.42. The highest BCUT2D eigenvalue weighted by molar-refractivity contribution is 8.01. The molecule has 0 spiro atoms. The molecule has 0 fully saturated rings. The number of rotatable bonds is 6. The van der Waals surface area contributed by atoms with Crippen LogP contribution in [0.5, 0.6) is 5.75 Å². The van der Waals surface area contributed by atoms with Crippen LogP contribution in [0.25, 0.3) is 0 Å². The number of amides is 1. The maximum atomic E-state index is 12.0. The summed E-state index contributed by atoms with van der Waals surface area (Å²) >= 11 is 1.66. The van der Waals surface area contributed by atoms with Gasteiger partial charge < -0.3 is 10.1 Å². The van der Waals surface area contributed by atoms with Gasteiger partial charge in [-0.2, -0.15) is 0 Å². The largest absolute Gasteiger partial charge is 0.497 e. The van der Waals surface area contributed by atoms with E-state index in [1.807, 2.05) is 24.3 Å². The number of nitrogens with one attached hydrogen (secondary N) is 1. The fraction of sp³-hybridized carbons (Fsp3) is 0.562. The number of hydrogen-bond donors (Lipinski definition) is 1. The molecule has 0 aliphatic carbocycles. The fourth-order valence-electron chi connectivity index (χ4n) is 1.78. The number of thioether (sulfide) groups is 1. The van der Waals surface area contributed by atoms with Crippen LogP contribution in [0.15, 0.2) is 24.3 Å². The maximum absolute atomic E-state index is 12.0. The van der Waals surface area contributed by atoms with Crippen molar-refractivity contribution in [2.45, 2.75) is 44.9 Å². The molecule has 0 aliphatic heterocycles. The van der Waals surface area contributed by atoms with E-state index in [0.29, 0.717) is 5.75 Å². The van der Waals surface area contributed by atoms with Crippen molar-refractivity contribution in [2.75, 3.05) is 12.9 Å². The predicted octanol–water partition coefficient (Wildman–Crippen LogP) is 3.79. The molecule has 0 aromatic heterocycles. The standard InChI is InChI=1S/C16H25NO2S/c1-6-14(12-7-9-13(19-5)10-8-12)17-15(18)11-20-16(2,3)4/h7-10,14H,6,11H2,1-5H3,(H,17,18). The molecule has 1 amide bonds. The molecule has 4 heteroatoms. The van der Waals surface area contributed by atoms with E-state index in [4.69, 9.17) is 4.74 Å². The second-order valence-electron chi connectivity index (χ2n) is 5.70. The van der Waals surface area contributed by atoms with E-state index in [-0.39, 0.29) is 16.7 Å². The lowest BCUT2D eigenvalue weighted by Crippen LogP contribution is -2.30. The monoisotopic (exact) mass is 295 g/mol. The first-order valence-corrected chi connectivity index (χ1v) is 7.91. The van der Waals surface area contributed by atoms with Crippen molar-refractivity contribution in [3.63, 3.8) is 0 Å². The Morgan fingerprint density at radius 3 is 2.35 bits per heavy atom. The van der Waals surface area contributed by atoms with Crippen molar-refractivity contribution in [3.8, 4) is 5.75 Å². The van der Waals surface area contributed by atoms with Gasteiger partial charge in [0, 0.05) is 4.75 Å². The second-order valence-corrected chi connectivity index (χ2v) is 7.50. The van der Waals surface area contributed by atoms with E-state index < -0.39 is 0 Å². The Morgan fingerprint density at radius 2 is 1.90 bits per heavy atom. The normalized spacial score (nSPS) is 12.8. The van der Waals surface area contributed by atoms with Crippen LogP contribution < -0.4 is 10.1 Å². The third-order valence-corrected chi connectivity index (χ3v) is 4.17. The first kappa shape index (κ1) is 16.9. The first-order valence-electron chi connectivity index (χ1n) is 6.93. The molecule has 1 aromatic carbocycles. The second kappa shape index (κ2) is 7.58. The minimum atomic E-state index is 0.0639. The zero-order valence-corrected chi connectivity index (χ0v) is 13.8. The summed E-state index contributed by atoms with van der Waals surface area (Å²) in [5.41, 5.74) is 1.11. The van der Waals surface area contributed by atoms with Gasteiger partial charge in [0.1, 0.15) is 5.75 Å². The average molecular weight is 295 g/mol. The Morgan fingerprint density at radius 1 is 1.30 bits per heavy atom. The zero-order valence-electron chi connectivity index (χ0n) is 13.0. The van der Waals surface area contributed by atoms with Crippen molar-refractivity contribution in [2.24, 2.45) is 0 Å².